The third-order valence-corrected chi connectivity index (χ3v) is 5.76. The zero-order chi connectivity index (χ0) is 13.9. The highest BCUT2D eigenvalue weighted by atomic mass is 35.5. The van der Waals surface area contributed by atoms with Crippen LogP contribution in [0.5, 0.6) is 0 Å². The lowest BCUT2D eigenvalue weighted by atomic mass is 9.94. The molecular formula is C17H16Cl2S. The van der Waals surface area contributed by atoms with Crippen molar-refractivity contribution in [2.75, 3.05) is 5.88 Å². The maximum atomic E-state index is 6.19. The third kappa shape index (κ3) is 3.16. The lowest BCUT2D eigenvalue weighted by Crippen LogP contribution is -2.10. The molecule has 0 saturated heterocycles. The Hall–Kier alpha value is -0.630. The fraction of sp³-hybridized carbons (Fsp3) is 0.294. The van der Waals surface area contributed by atoms with Gasteiger partial charge in [-0.3, -0.25) is 0 Å². The molecule has 1 heterocycles. The summed E-state index contributed by atoms with van der Waals surface area (Å²) in [6.45, 7) is 0. The molecule has 0 aromatic heterocycles. The molecule has 2 aromatic rings. The van der Waals surface area contributed by atoms with Crippen molar-refractivity contribution >= 4 is 35.0 Å². The molecule has 1 aliphatic heterocycles. The van der Waals surface area contributed by atoms with E-state index < -0.39 is 0 Å². The highest BCUT2D eigenvalue weighted by molar-refractivity contribution is 8.00. The van der Waals surface area contributed by atoms with Crippen LogP contribution in [-0.4, -0.2) is 11.1 Å². The van der Waals surface area contributed by atoms with Crippen LogP contribution in [-0.2, 0) is 6.42 Å². The summed E-state index contributed by atoms with van der Waals surface area (Å²) in [5.41, 5.74) is 2.77. The summed E-state index contributed by atoms with van der Waals surface area (Å²) in [6, 6.07) is 16.8. The zero-order valence-corrected chi connectivity index (χ0v) is 13.4. The second-order valence-electron chi connectivity index (χ2n) is 5.19. The van der Waals surface area contributed by atoms with E-state index in [1.165, 1.54) is 16.0 Å². The summed E-state index contributed by atoms with van der Waals surface area (Å²) in [7, 11) is 0. The van der Waals surface area contributed by atoms with Gasteiger partial charge in [-0.05, 0) is 48.1 Å². The van der Waals surface area contributed by atoms with Crippen LogP contribution in [0.15, 0.2) is 53.4 Å². The molecule has 3 rings (SSSR count). The van der Waals surface area contributed by atoms with Crippen molar-refractivity contribution in [1.29, 1.82) is 0 Å². The van der Waals surface area contributed by atoms with Crippen molar-refractivity contribution in [3.05, 3.63) is 64.7 Å². The highest BCUT2D eigenvalue weighted by Gasteiger charge is 2.25. The number of benzene rings is 2. The van der Waals surface area contributed by atoms with Crippen LogP contribution in [0.25, 0.3) is 0 Å². The molecule has 0 amide bonds. The van der Waals surface area contributed by atoms with Gasteiger partial charge < -0.3 is 0 Å². The number of hydrogen-bond acceptors (Lipinski definition) is 1. The predicted octanol–water partition coefficient (Wildman–Crippen LogP) is 5.77. The fourth-order valence-corrected chi connectivity index (χ4v) is 4.57. The van der Waals surface area contributed by atoms with Crippen LogP contribution >= 0.6 is 35.0 Å². The van der Waals surface area contributed by atoms with Gasteiger partial charge in [0.1, 0.15) is 0 Å². The number of fused-ring (bicyclic) bond motifs is 1. The Kier molecular flexibility index (Phi) is 4.60. The van der Waals surface area contributed by atoms with Crippen LogP contribution in [0.1, 0.15) is 23.5 Å². The van der Waals surface area contributed by atoms with Gasteiger partial charge in [0.05, 0.1) is 0 Å². The Morgan fingerprint density at radius 2 is 1.85 bits per heavy atom. The largest absolute Gasteiger partial charge is 0.126 e. The topological polar surface area (TPSA) is 0 Å². The van der Waals surface area contributed by atoms with Crippen molar-refractivity contribution in [3.63, 3.8) is 0 Å². The molecule has 0 N–H and O–H groups in total. The number of alkyl halides is 1. The Morgan fingerprint density at radius 3 is 2.55 bits per heavy atom. The smallest absolute Gasteiger partial charge is 0.0406 e. The Labute approximate surface area is 134 Å². The molecule has 0 nitrogen and oxygen atoms in total. The van der Waals surface area contributed by atoms with Crippen LogP contribution in [0, 0.1) is 0 Å². The molecule has 0 bridgehead atoms. The van der Waals surface area contributed by atoms with E-state index in [9.17, 15) is 0 Å². The van der Waals surface area contributed by atoms with E-state index in [0.717, 1.165) is 17.9 Å². The van der Waals surface area contributed by atoms with E-state index in [1.807, 2.05) is 23.9 Å². The van der Waals surface area contributed by atoms with Gasteiger partial charge in [-0.25, -0.2) is 0 Å². The Balaban J connectivity index is 1.69. The van der Waals surface area contributed by atoms with Crippen molar-refractivity contribution in [2.45, 2.75) is 28.9 Å². The van der Waals surface area contributed by atoms with E-state index in [1.54, 1.807) is 0 Å². The monoisotopic (exact) mass is 322 g/mol. The summed E-state index contributed by atoms with van der Waals surface area (Å²) in [5.74, 6) is 1.07. The summed E-state index contributed by atoms with van der Waals surface area (Å²) >= 11 is 14.1. The summed E-state index contributed by atoms with van der Waals surface area (Å²) in [4.78, 5) is 1.43. The summed E-state index contributed by atoms with van der Waals surface area (Å²) in [6.07, 6.45) is 2.27. The molecule has 0 spiro atoms. The molecule has 0 fully saturated rings. The maximum Gasteiger partial charge on any atom is 0.0406 e. The number of rotatable bonds is 4. The molecular weight excluding hydrogens is 307 g/mol. The van der Waals surface area contributed by atoms with Crippen LogP contribution in [0.3, 0.4) is 0 Å². The molecule has 0 radical (unpaired) electrons. The predicted molar refractivity (Wildman–Crippen MR) is 89.3 cm³/mol. The van der Waals surface area contributed by atoms with Gasteiger partial charge >= 0.3 is 0 Å². The summed E-state index contributed by atoms with van der Waals surface area (Å²) in [5, 5.41) is 1.41. The minimum atomic E-state index is 0.403. The number of hydrogen-bond donors (Lipinski definition) is 0. The van der Waals surface area contributed by atoms with Gasteiger partial charge in [0, 0.05) is 21.0 Å². The van der Waals surface area contributed by atoms with Gasteiger partial charge in [-0.15, -0.1) is 23.4 Å². The highest BCUT2D eigenvalue weighted by Crippen LogP contribution is 2.41. The minimum Gasteiger partial charge on any atom is -0.126 e. The Bertz CT molecular complexity index is 555. The van der Waals surface area contributed by atoms with Crippen molar-refractivity contribution < 1.29 is 0 Å². The molecule has 2 atom stereocenters. The molecule has 1 aliphatic rings. The first-order valence-corrected chi connectivity index (χ1v) is 8.61. The van der Waals surface area contributed by atoms with E-state index in [2.05, 4.69) is 36.4 Å². The fourth-order valence-electron chi connectivity index (χ4n) is 2.73. The number of halogens is 2. The normalized spacial score (nSPS) is 18.8. The van der Waals surface area contributed by atoms with Gasteiger partial charge in [0.15, 0.2) is 0 Å². The standard InChI is InChI=1S/C17H16Cl2S/c18-11-14(12-5-7-15(19)8-6-12)10-16-9-13-3-1-2-4-17(13)20-16/h1-8,14,16H,9-11H2. The van der Waals surface area contributed by atoms with Crippen LogP contribution < -0.4 is 0 Å². The maximum absolute atomic E-state index is 6.19. The first-order valence-electron chi connectivity index (χ1n) is 6.82. The third-order valence-electron chi connectivity index (χ3n) is 3.79. The average Bonchev–Trinajstić information content (AvgIpc) is 2.88. The molecule has 2 unspecified atom stereocenters. The van der Waals surface area contributed by atoms with Crippen LogP contribution in [0.4, 0.5) is 0 Å². The molecule has 20 heavy (non-hydrogen) atoms. The van der Waals surface area contributed by atoms with E-state index >= 15 is 0 Å². The van der Waals surface area contributed by atoms with Gasteiger partial charge in [-0.1, -0.05) is 41.9 Å². The minimum absolute atomic E-state index is 0.403. The average molecular weight is 323 g/mol. The molecule has 0 saturated carbocycles. The van der Waals surface area contributed by atoms with Crippen molar-refractivity contribution in [1.82, 2.24) is 0 Å². The van der Waals surface area contributed by atoms with Crippen molar-refractivity contribution in [3.8, 4) is 0 Å². The first kappa shape index (κ1) is 14.3. The SMILES string of the molecule is ClCC(CC1Cc2ccccc2S1)c1ccc(Cl)cc1. The van der Waals surface area contributed by atoms with E-state index in [4.69, 9.17) is 23.2 Å². The summed E-state index contributed by atoms with van der Waals surface area (Å²) < 4.78 is 0. The van der Waals surface area contributed by atoms with Crippen LogP contribution in [0.2, 0.25) is 5.02 Å². The second kappa shape index (κ2) is 6.43. The molecule has 3 heteroatoms. The first-order chi connectivity index (χ1) is 9.76. The quantitative estimate of drug-likeness (QED) is 0.644. The van der Waals surface area contributed by atoms with Gasteiger partial charge in [0.2, 0.25) is 0 Å². The van der Waals surface area contributed by atoms with E-state index in [0.29, 0.717) is 17.0 Å². The van der Waals surface area contributed by atoms with Crippen molar-refractivity contribution in [2.24, 2.45) is 0 Å². The molecule has 104 valence electrons. The van der Waals surface area contributed by atoms with Gasteiger partial charge in [0.25, 0.3) is 0 Å². The Morgan fingerprint density at radius 1 is 1.10 bits per heavy atom. The van der Waals surface area contributed by atoms with E-state index in [-0.39, 0.29) is 0 Å². The van der Waals surface area contributed by atoms with Gasteiger partial charge in [-0.2, -0.15) is 0 Å². The lowest BCUT2D eigenvalue weighted by molar-refractivity contribution is 0.657. The zero-order valence-electron chi connectivity index (χ0n) is 11.1. The lowest BCUT2D eigenvalue weighted by Gasteiger charge is -2.18. The molecule has 2 aromatic carbocycles. The number of thioether (sulfide) groups is 1. The second-order valence-corrected chi connectivity index (χ2v) is 7.28. The molecule has 0 aliphatic carbocycles.